The minimum absolute atomic E-state index is 0.0165. The third-order valence-electron chi connectivity index (χ3n) is 3.22. The number of amides is 1. The second kappa shape index (κ2) is 7.77. The van der Waals surface area contributed by atoms with Gasteiger partial charge in [0.1, 0.15) is 5.75 Å². The van der Waals surface area contributed by atoms with Gasteiger partial charge in [0.15, 0.2) is 11.5 Å². The third-order valence-corrected chi connectivity index (χ3v) is 3.22. The van der Waals surface area contributed by atoms with Gasteiger partial charge in [0.2, 0.25) is 0 Å². The lowest BCUT2D eigenvalue weighted by Crippen LogP contribution is -2.18. The zero-order valence-corrected chi connectivity index (χ0v) is 13.4. The van der Waals surface area contributed by atoms with Gasteiger partial charge in [-0.15, -0.1) is 0 Å². The maximum atomic E-state index is 12.2. The SMILES string of the molecule is COc1cc(/C=N/NC(=O)c2cc([N+](=O)[O-])ccc2OC)ccc1O. The zero-order chi connectivity index (χ0) is 18.4. The molecule has 9 heteroatoms. The molecule has 2 rings (SSSR count). The van der Waals surface area contributed by atoms with Crippen LogP contribution >= 0.6 is 0 Å². The van der Waals surface area contributed by atoms with Crippen molar-refractivity contribution in [2.75, 3.05) is 14.2 Å². The van der Waals surface area contributed by atoms with Crippen LogP contribution in [0.4, 0.5) is 5.69 Å². The van der Waals surface area contributed by atoms with Gasteiger partial charge in [0.25, 0.3) is 11.6 Å². The number of phenols is 1. The first kappa shape index (κ1) is 17.7. The van der Waals surface area contributed by atoms with Gasteiger partial charge in [-0.05, 0) is 29.8 Å². The van der Waals surface area contributed by atoms with E-state index in [1.165, 1.54) is 44.7 Å². The fourth-order valence-electron chi connectivity index (χ4n) is 1.99. The van der Waals surface area contributed by atoms with Gasteiger partial charge in [-0.25, -0.2) is 5.43 Å². The van der Waals surface area contributed by atoms with Gasteiger partial charge in [0, 0.05) is 12.1 Å². The molecule has 0 aliphatic carbocycles. The van der Waals surface area contributed by atoms with Crippen LogP contribution in [-0.4, -0.2) is 36.4 Å². The summed E-state index contributed by atoms with van der Waals surface area (Å²) in [5.74, 6) is -0.243. The third kappa shape index (κ3) is 4.22. The maximum absolute atomic E-state index is 12.2. The molecule has 0 saturated carbocycles. The molecule has 0 radical (unpaired) electrons. The minimum atomic E-state index is -0.664. The van der Waals surface area contributed by atoms with Crippen molar-refractivity contribution in [2.45, 2.75) is 0 Å². The van der Waals surface area contributed by atoms with E-state index in [2.05, 4.69) is 10.5 Å². The van der Waals surface area contributed by atoms with Gasteiger partial charge in [-0.3, -0.25) is 14.9 Å². The number of phenolic OH excluding ortho intramolecular Hbond substituents is 1. The molecule has 9 nitrogen and oxygen atoms in total. The Morgan fingerprint density at radius 1 is 1.20 bits per heavy atom. The maximum Gasteiger partial charge on any atom is 0.275 e. The summed E-state index contributed by atoms with van der Waals surface area (Å²) in [5, 5.41) is 24.1. The van der Waals surface area contributed by atoms with Gasteiger partial charge >= 0.3 is 0 Å². The number of nitrogens with one attached hydrogen (secondary N) is 1. The molecule has 0 unspecified atom stereocenters. The highest BCUT2D eigenvalue weighted by Gasteiger charge is 2.17. The predicted molar refractivity (Wildman–Crippen MR) is 89.4 cm³/mol. The quantitative estimate of drug-likeness (QED) is 0.469. The smallest absolute Gasteiger partial charge is 0.275 e. The Balaban J connectivity index is 2.17. The Hall–Kier alpha value is -3.62. The van der Waals surface area contributed by atoms with Crippen molar-refractivity contribution in [1.29, 1.82) is 0 Å². The molecule has 0 aliphatic heterocycles. The van der Waals surface area contributed by atoms with E-state index in [0.29, 0.717) is 5.56 Å². The number of aromatic hydroxyl groups is 1. The Morgan fingerprint density at radius 2 is 1.92 bits per heavy atom. The molecule has 2 aromatic rings. The molecule has 0 atom stereocenters. The molecule has 0 fully saturated rings. The summed E-state index contributed by atoms with van der Waals surface area (Å²) in [6, 6.07) is 8.20. The Kier molecular flexibility index (Phi) is 5.51. The Morgan fingerprint density at radius 3 is 2.56 bits per heavy atom. The lowest BCUT2D eigenvalue weighted by Gasteiger charge is -2.07. The summed E-state index contributed by atoms with van der Waals surface area (Å²) < 4.78 is 10.00. The second-order valence-electron chi connectivity index (χ2n) is 4.77. The van der Waals surface area contributed by atoms with Crippen LogP contribution in [-0.2, 0) is 0 Å². The lowest BCUT2D eigenvalue weighted by molar-refractivity contribution is -0.384. The number of methoxy groups -OCH3 is 2. The van der Waals surface area contributed by atoms with Gasteiger partial charge in [0.05, 0.1) is 30.9 Å². The average molecular weight is 345 g/mol. The number of carbonyl (C=O) groups is 1. The van der Waals surface area contributed by atoms with Crippen molar-refractivity contribution in [3.8, 4) is 17.2 Å². The van der Waals surface area contributed by atoms with Crippen LogP contribution in [0.2, 0.25) is 0 Å². The van der Waals surface area contributed by atoms with Crippen molar-refractivity contribution in [1.82, 2.24) is 5.43 Å². The highest BCUT2D eigenvalue weighted by atomic mass is 16.6. The van der Waals surface area contributed by atoms with E-state index in [0.717, 1.165) is 6.07 Å². The van der Waals surface area contributed by atoms with Crippen molar-refractivity contribution < 1.29 is 24.3 Å². The number of nitro groups is 1. The van der Waals surface area contributed by atoms with Crippen molar-refractivity contribution >= 4 is 17.8 Å². The summed E-state index contributed by atoms with van der Waals surface area (Å²) in [6.07, 6.45) is 1.34. The molecule has 0 heterocycles. The lowest BCUT2D eigenvalue weighted by atomic mass is 10.1. The summed E-state index contributed by atoms with van der Waals surface area (Å²) in [6.45, 7) is 0. The van der Waals surface area contributed by atoms with Crippen LogP contribution in [0, 0.1) is 10.1 Å². The number of nitrogens with zero attached hydrogens (tertiary/aromatic N) is 2. The molecule has 2 N–H and O–H groups in total. The standard InChI is InChI=1S/C16H15N3O6/c1-24-14-6-4-11(19(22)23)8-12(14)16(21)18-17-9-10-3-5-13(20)15(7-10)25-2/h3-9,20H,1-2H3,(H,18,21)/b17-9+. The molecule has 1 amide bonds. The Bertz CT molecular complexity index is 835. The molecule has 0 aliphatic rings. The fraction of sp³-hybridized carbons (Fsp3) is 0.125. The molecule has 0 spiro atoms. The van der Waals surface area contributed by atoms with Crippen molar-refractivity contribution in [2.24, 2.45) is 5.10 Å². The van der Waals surface area contributed by atoms with Crippen molar-refractivity contribution in [3.63, 3.8) is 0 Å². The highest BCUT2D eigenvalue weighted by Crippen LogP contribution is 2.26. The summed E-state index contributed by atoms with van der Waals surface area (Å²) in [7, 11) is 2.76. The molecule has 25 heavy (non-hydrogen) atoms. The molecular formula is C16H15N3O6. The molecule has 0 bridgehead atoms. The number of carbonyl (C=O) groups excluding carboxylic acids is 1. The highest BCUT2D eigenvalue weighted by molar-refractivity contribution is 5.98. The van der Waals surface area contributed by atoms with Crippen LogP contribution in [0.5, 0.6) is 17.2 Å². The fourth-order valence-corrected chi connectivity index (χ4v) is 1.99. The number of hydrogen-bond acceptors (Lipinski definition) is 7. The number of hydrogen-bond donors (Lipinski definition) is 2. The van der Waals surface area contributed by atoms with E-state index in [1.807, 2.05) is 0 Å². The normalized spacial score (nSPS) is 10.5. The van der Waals surface area contributed by atoms with Crippen LogP contribution in [0.15, 0.2) is 41.5 Å². The molecule has 130 valence electrons. The van der Waals surface area contributed by atoms with Crippen LogP contribution < -0.4 is 14.9 Å². The minimum Gasteiger partial charge on any atom is -0.504 e. The van der Waals surface area contributed by atoms with Crippen LogP contribution in [0.3, 0.4) is 0 Å². The van der Waals surface area contributed by atoms with Gasteiger partial charge in [-0.2, -0.15) is 5.10 Å². The van der Waals surface area contributed by atoms with E-state index in [4.69, 9.17) is 9.47 Å². The Labute approximate surface area is 142 Å². The number of hydrazone groups is 1. The van der Waals surface area contributed by atoms with E-state index in [-0.39, 0.29) is 28.5 Å². The monoisotopic (exact) mass is 345 g/mol. The van der Waals surface area contributed by atoms with E-state index in [1.54, 1.807) is 6.07 Å². The first-order chi connectivity index (χ1) is 12.0. The first-order valence-corrected chi connectivity index (χ1v) is 6.99. The summed E-state index contributed by atoms with van der Waals surface area (Å²) >= 11 is 0. The molecule has 0 saturated heterocycles. The predicted octanol–water partition coefficient (Wildman–Crippen LogP) is 2.08. The van der Waals surface area contributed by atoms with Gasteiger partial charge in [-0.1, -0.05) is 0 Å². The average Bonchev–Trinajstić information content (AvgIpc) is 2.62. The molecule has 0 aromatic heterocycles. The first-order valence-electron chi connectivity index (χ1n) is 6.99. The topological polar surface area (TPSA) is 123 Å². The largest absolute Gasteiger partial charge is 0.504 e. The van der Waals surface area contributed by atoms with E-state index < -0.39 is 10.8 Å². The van der Waals surface area contributed by atoms with Gasteiger partial charge < -0.3 is 14.6 Å². The molecule has 2 aromatic carbocycles. The number of benzene rings is 2. The van der Waals surface area contributed by atoms with Crippen molar-refractivity contribution in [3.05, 3.63) is 57.6 Å². The summed E-state index contributed by atoms with van der Waals surface area (Å²) in [4.78, 5) is 22.4. The number of nitro benzene ring substituents is 1. The van der Waals surface area contributed by atoms with Crippen LogP contribution in [0.1, 0.15) is 15.9 Å². The van der Waals surface area contributed by atoms with E-state index in [9.17, 15) is 20.0 Å². The molecular weight excluding hydrogens is 330 g/mol. The number of non-ortho nitro benzene ring substituents is 1. The number of rotatable bonds is 6. The summed E-state index contributed by atoms with van der Waals surface area (Å²) in [5.41, 5.74) is 2.58. The number of ether oxygens (including phenoxy) is 2. The second-order valence-corrected chi connectivity index (χ2v) is 4.77. The van der Waals surface area contributed by atoms with E-state index >= 15 is 0 Å². The van der Waals surface area contributed by atoms with Crippen LogP contribution in [0.25, 0.3) is 0 Å². The zero-order valence-electron chi connectivity index (χ0n) is 13.4.